The molecule has 168 valence electrons. The van der Waals surface area contributed by atoms with Gasteiger partial charge in [-0.15, -0.1) is 0 Å². The predicted molar refractivity (Wildman–Crippen MR) is 126 cm³/mol. The Hall–Kier alpha value is -3.93. The van der Waals surface area contributed by atoms with Gasteiger partial charge in [-0.25, -0.2) is 9.80 Å². The Bertz CT molecular complexity index is 1190. The second kappa shape index (κ2) is 9.69. The van der Waals surface area contributed by atoms with Gasteiger partial charge in [0.05, 0.1) is 24.4 Å². The van der Waals surface area contributed by atoms with Gasteiger partial charge in [0.1, 0.15) is 5.75 Å². The van der Waals surface area contributed by atoms with Crippen molar-refractivity contribution < 1.29 is 19.1 Å². The lowest BCUT2D eigenvalue weighted by Gasteiger charge is -2.22. The summed E-state index contributed by atoms with van der Waals surface area (Å²) >= 11 is 0. The van der Waals surface area contributed by atoms with Crippen LogP contribution in [0.4, 0.5) is 0 Å². The van der Waals surface area contributed by atoms with Crippen molar-refractivity contribution in [1.82, 2.24) is 5.01 Å². The van der Waals surface area contributed by atoms with Crippen molar-refractivity contribution in [3.05, 3.63) is 101 Å². The number of amides is 1. The van der Waals surface area contributed by atoms with Crippen LogP contribution in [0.25, 0.3) is 0 Å². The van der Waals surface area contributed by atoms with Crippen molar-refractivity contribution in [3.8, 4) is 5.75 Å². The van der Waals surface area contributed by atoms with E-state index in [-0.39, 0.29) is 18.6 Å². The third-order valence-corrected chi connectivity index (χ3v) is 5.92. The standard InChI is InChI=1S/C27H26N2O4/c1-18-8-7-11-23(19(18)2)27(31)33-17-26(30)29-25(21-12-14-22(32-3)15-13-21)16-24(28-29)20-9-5-4-6-10-20/h4-15,25H,16-17H2,1-3H3. The monoisotopic (exact) mass is 442 g/mol. The van der Waals surface area contributed by atoms with E-state index >= 15 is 0 Å². The minimum absolute atomic E-state index is 0.293. The molecule has 4 rings (SSSR count). The van der Waals surface area contributed by atoms with Crippen molar-refractivity contribution in [2.75, 3.05) is 13.7 Å². The van der Waals surface area contributed by atoms with E-state index in [1.165, 1.54) is 5.01 Å². The molecule has 33 heavy (non-hydrogen) atoms. The molecule has 0 aromatic heterocycles. The Morgan fingerprint density at radius 3 is 2.39 bits per heavy atom. The number of hydrogen-bond donors (Lipinski definition) is 0. The molecule has 0 aliphatic carbocycles. The van der Waals surface area contributed by atoms with Crippen molar-refractivity contribution in [3.63, 3.8) is 0 Å². The third-order valence-electron chi connectivity index (χ3n) is 5.92. The molecule has 1 amide bonds. The number of nitrogens with zero attached hydrogens (tertiary/aromatic N) is 2. The molecule has 6 nitrogen and oxygen atoms in total. The van der Waals surface area contributed by atoms with E-state index in [1.54, 1.807) is 19.2 Å². The molecular weight excluding hydrogens is 416 g/mol. The molecule has 0 spiro atoms. The van der Waals surface area contributed by atoms with Gasteiger partial charge >= 0.3 is 5.97 Å². The Labute approximate surface area is 193 Å². The average molecular weight is 443 g/mol. The third kappa shape index (κ3) is 4.80. The SMILES string of the molecule is COc1ccc(C2CC(c3ccccc3)=NN2C(=O)COC(=O)c2cccc(C)c2C)cc1. The summed E-state index contributed by atoms with van der Waals surface area (Å²) in [6, 6.07) is 22.5. The van der Waals surface area contributed by atoms with E-state index in [1.807, 2.05) is 74.5 Å². The fourth-order valence-electron chi connectivity index (χ4n) is 3.87. The highest BCUT2D eigenvalue weighted by Gasteiger charge is 2.33. The topological polar surface area (TPSA) is 68.2 Å². The molecular formula is C27H26N2O4. The second-order valence-electron chi connectivity index (χ2n) is 7.97. The lowest BCUT2D eigenvalue weighted by atomic mass is 9.98. The molecule has 0 N–H and O–H groups in total. The Kier molecular flexibility index (Phi) is 6.54. The van der Waals surface area contributed by atoms with Gasteiger partial charge in [-0.2, -0.15) is 5.10 Å². The van der Waals surface area contributed by atoms with Crippen LogP contribution in [-0.2, 0) is 9.53 Å². The smallest absolute Gasteiger partial charge is 0.338 e. The van der Waals surface area contributed by atoms with E-state index < -0.39 is 5.97 Å². The average Bonchev–Trinajstić information content (AvgIpc) is 3.30. The zero-order valence-corrected chi connectivity index (χ0v) is 18.9. The van der Waals surface area contributed by atoms with Crippen LogP contribution in [0.1, 0.15) is 45.1 Å². The Morgan fingerprint density at radius 2 is 1.70 bits per heavy atom. The molecule has 1 atom stereocenters. The number of methoxy groups -OCH3 is 1. The fourth-order valence-corrected chi connectivity index (χ4v) is 3.87. The highest BCUT2D eigenvalue weighted by atomic mass is 16.5. The molecule has 0 radical (unpaired) electrons. The van der Waals surface area contributed by atoms with Crippen LogP contribution in [0.5, 0.6) is 5.75 Å². The van der Waals surface area contributed by atoms with E-state index in [4.69, 9.17) is 9.47 Å². The summed E-state index contributed by atoms with van der Waals surface area (Å²) in [6.45, 7) is 3.41. The molecule has 0 fully saturated rings. The number of hydrazone groups is 1. The Morgan fingerprint density at radius 1 is 0.970 bits per heavy atom. The van der Waals surface area contributed by atoms with Crippen LogP contribution in [0.3, 0.4) is 0 Å². The van der Waals surface area contributed by atoms with E-state index in [0.29, 0.717) is 12.0 Å². The lowest BCUT2D eigenvalue weighted by molar-refractivity contribution is -0.136. The van der Waals surface area contributed by atoms with E-state index in [0.717, 1.165) is 33.7 Å². The quantitative estimate of drug-likeness (QED) is 0.512. The largest absolute Gasteiger partial charge is 0.497 e. The van der Waals surface area contributed by atoms with E-state index in [9.17, 15) is 9.59 Å². The van der Waals surface area contributed by atoms with Crippen LogP contribution in [0.2, 0.25) is 0 Å². The van der Waals surface area contributed by atoms with Gasteiger partial charge in [0.2, 0.25) is 0 Å². The van der Waals surface area contributed by atoms with Gasteiger partial charge in [0, 0.05) is 6.42 Å². The minimum Gasteiger partial charge on any atom is -0.497 e. The summed E-state index contributed by atoms with van der Waals surface area (Å²) in [7, 11) is 1.61. The van der Waals surface area contributed by atoms with Crippen molar-refractivity contribution in [2.24, 2.45) is 5.10 Å². The number of aryl methyl sites for hydroxylation is 1. The zero-order valence-electron chi connectivity index (χ0n) is 18.9. The molecule has 1 heterocycles. The molecule has 3 aromatic carbocycles. The highest BCUT2D eigenvalue weighted by molar-refractivity contribution is 6.03. The summed E-state index contributed by atoms with van der Waals surface area (Å²) in [5.41, 5.74) is 5.00. The summed E-state index contributed by atoms with van der Waals surface area (Å²) in [5, 5.41) is 6.05. The summed E-state index contributed by atoms with van der Waals surface area (Å²) < 4.78 is 10.6. The van der Waals surface area contributed by atoms with E-state index in [2.05, 4.69) is 5.10 Å². The fraction of sp³-hybridized carbons (Fsp3) is 0.222. The highest BCUT2D eigenvalue weighted by Crippen LogP contribution is 2.33. The first-order chi connectivity index (χ1) is 16.0. The van der Waals surface area contributed by atoms with Gasteiger partial charge in [0.15, 0.2) is 6.61 Å². The van der Waals surface area contributed by atoms with Gasteiger partial charge in [0.25, 0.3) is 5.91 Å². The molecule has 1 unspecified atom stereocenters. The molecule has 6 heteroatoms. The molecule has 0 bridgehead atoms. The summed E-state index contributed by atoms with van der Waals surface area (Å²) in [4.78, 5) is 25.7. The van der Waals surface area contributed by atoms with Gasteiger partial charge in [-0.1, -0.05) is 54.6 Å². The summed E-state index contributed by atoms with van der Waals surface area (Å²) in [5.74, 6) is -0.154. The number of rotatable bonds is 6. The number of benzene rings is 3. The van der Waals surface area contributed by atoms with Crippen LogP contribution < -0.4 is 4.74 Å². The minimum atomic E-state index is -0.517. The molecule has 1 aliphatic heterocycles. The van der Waals surface area contributed by atoms with Crippen molar-refractivity contribution in [2.45, 2.75) is 26.3 Å². The van der Waals surface area contributed by atoms with Crippen molar-refractivity contribution in [1.29, 1.82) is 0 Å². The van der Waals surface area contributed by atoms with Gasteiger partial charge < -0.3 is 9.47 Å². The maximum atomic E-state index is 13.1. The first-order valence-electron chi connectivity index (χ1n) is 10.8. The number of hydrogen-bond acceptors (Lipinski definition) is 5. The number of esters is 1. The van der Waals surface area contributed by atoms with Gasteiger partial charge in [-0.05, 0) is 54.3 Å². The molecule has 0 saturated carbocycles. The van der Waals surface area contributed by atoms with Crippen LogP contribution in [0.15, 0.2) is 77.9 Å². The molecule has 0 saturated heterocycles. The van der Waals surface area contributed by atoms with Crippen LogP contribution >= 0.6 is 0 Å². The zero-order chi connectivity index (χ0) is 23.4. The van der Waals surface area contributed by atoms with Crippen LogP contribution in [0, 0.1) is 13.8 Å². The summed E-state index contributed by atoms with van der Waals surface area (Å²) in [6.07, 6.45) is 0.563. The van der Waals surface area contributed by atoms with Crippen LogP contribution in [-0.4, -0.2) is 36.3 Å². The van der Waals surface area contributed by atoms with Crippen molar-refractivity contribution >= 4 is 17.6 Å². The normalized spacial score (nSPS) is 15.2. The lowest BCUT2D eigenvalue weighted by Crippen LogP contribution is -2.31. The predicted octanol–water partition coefficient (Wildman–Crippen LogP) is 4.85. The first-order valence-corrected chi connectivity index (χ1v) is 10.8. The number of carbonyl (C=O) groups excluding carboxylic acids is 2. The van der Waals surface area contributed by atoms with Gasteiger partial charge in [-0.3, -0.25) is 4.79 Å². The number of carbonyl (C=O) groups is 2. The second-order valence-corrected chi connectivity index (χ2v) is 7.97. The maximum absolute atomic E-state index is 13.1. The Balaban J connectivity index is 1.55. The maximum Gasteiger partial charge on any atom is 0.338 e. The first kappa shape index (κ1) is 22.3. The molecule has 1 aliphatic rings. The molecule has 3 aromatic rings. The number of ether oxygens (including phenoxy) is 2.